The fourth-order valence-electron chi connectivity index (χ4n) is 2.90. The van der Waals surface area contributed by atoms with Crippen molar-refractivity contribution in [2.75, 3.05) is 18.1 Å². The molecular formula is C14H24N4O4S. The van der Waals surface area contributed by atoms with E-state index < -0.39 is 15.9 Å². The molecule has 23 heavy (non-hydrogen) atoms. The van der Waals surface area contributed by atoms with Gasteiger partial charge in [-0.1, -0.05) is 31.8 Å². The lowest BCUT2D eigenvalue weighted by Gasteiger charge is -2.31. The van der Waals surface area contributed by atoms with Crippen molar-refractivity contribution in [3.05, 3.63) is 5.82 Å². The lowest BCUT2D eigenvalue weighted by molar-refractivity contribution is 0.204. The van der Waals surface area contributed by atoms with E-state index in [0.717, 1.165) is 6.26 Å². The number of aromatic nitrogens is 2. The molecular weight excluding hydrogens is 320 g/mol. The second kappa shape index (κ2) is 6.86. The number of hydrogen-bond donors (Lipinski definition) is 2. The van der Waals surface area contributed by atoms with Gasteiger partial charge in [-0.05, 0) is 24.2 Å². The van der Waals surface area contributed by atoms with Gasteiger partial charge in [0, 0.05) is 12.8 Å². The topological polar surface area (TPSA) is 114 Å². The highest BCUT2D eigenvalue weighted by Gasteiger charge is 2.32. The summed E-state index contributed by atoms with van der Waals surface area (Å²) >= 11 is 0. The van der Waals surface area contributed by atoms with E-state index in [2.05, 4.69) is 34.6 Å². The normalized spacial score (nSPS) is 16.5. The molecule has 130 valence electrons. The number of carbonyl (C=O) groups excluding carboxylic acids is 1. The highest BCUT2D eigenvalue weighted by atomic mass is 32.2. The van der Waals surface area contributed by atoms with Crippen LogP contribution in [0.2, 0.25) is 0 Å². The minimum absolute atomic E-state index is 0.0223. The Morgan fingerprint density at radius 3 is 2.61 bits per heavy atom. The highest BCUT2D eigenvalue weighted by Crippen LogP contribution is 2.38. The molecule has 1 aromatic rings. The van der Waals surface area contributed by atoms with E-state index in [1.165, 1.54) is 25.7 Å². The minimum atomic E-state index is -3.24. The van der Waals surface area contributed by atoms with Crippen LogP contribution in [0.4, 0.5) is 10.8 Å². The molecule has 0 aromatic carbocycles. The zero-order valence-corrected chi connectivity index (χ0v) is 14.6. The van der Waals surface area contributed by atoms with E-state index in [4.69, 9.17) is 4.52 Å². The maximum Gasteiger partial charge on any atom is 0.329 e. The third kappa shape index (κ3) is 5.49. The summed E-state index contributed by atoms with van der Waals surface area (Å²) in [6.07, 6.45) is 5.99. The van der Waals surface area contributed by atoms with Crippen molar-refractivity contribution >= 4 is 21.9 Å². The van der Waals surface area contributed by atoms with Gasteiger partial charge >= 0.3 is 12.0 Å². The van der Waals surface area contributed by atoms with Gasteiger partial charge in [0.2, 0.25) is 0 Å². The van der Waals surface area contributed by atoms with Crippen molar-refractivity contribution in [2.24, 2.45) is 11.3 Å². The lowest BCUT2D eigenvalue weighted by atomic mass is 9.78. The Bertz CT molecular complexity index is 647. The summed E-state index contributed by atoms with van der Waals surface area (Å²) < 4.78 is 27.1. The lowest BCUT2D eigenvalue weighted by Crippen LogP contribution is -2.39. The Labute approximate surface area is 136 Å². The summed E-state index contributed by atoms with van der Waals surface area (Å²) in [4.78, 5) is 15.7. The summed E-state index contributed by atoms with van der Waals surface area (Å²) in [5, 5.41) is 8.75. The van der Waals surface area contributed by atoms with Crippen LogP contribution in [0.5, 0.6) is 0 Å². The number of carbonyl (C=O) groups is 1. The smallest absolute Gasteiger partial charge is 0.329 e. The highest BCUT2D eigenvalue weighted by molar-refractivity contribution is 7.89. The Kier molecular flexibility index (Phi) is 5.28. The van der Waals surface area contributed by atoms with Gasteiger partial charge in [-0.15, -0.1) is 0 Å². The zero-order valence-electron chi connectivity index (χ0n) is 13.8. The molecule has 2 N–H and O–H groups in total. The number of anilines is 1. The summed E-state index contributed by atoms with van der Waals surface area (Å²) in [6.45, 7) is 4.86. The summed E-state index contributed by atoms with van der Waals surface area (Å²) in [6, 6.07) is -0.551. The van der Waals surface area contributed by atoms with Crippen molar-refractivity contribution in [3.63, 3.8) is 0 Å². The first kappa shape index (κ1) is 17.7. The molecule has 0 aliphatic heterocycles. The quantitative estimate of drug-likeness (QED) is 0.815. The predicted molar refractivity (Wildman–Crippen MR) is 85.6 cm³/mol. The van der Waals surface area contributed by atoms with Gasteiger partial charge in [0.15, 0.2) is 15.7 Å². The summed E-state index contributed by atoms with van der Waals surface area (Å²) in [7, 11) is -3.24. The van der Waals surface area contributed by atoms with Crippen molar-refractivity contribution in [1.29, 1.82) is 0 Å². The molecule has 2 rings (SSSR count). The van der Waals surface area contributed by atoms with Crippen LogP contribution >= 0.6 is 0 Å². The van der Waals surface area contributed by atoms with Crippen LogP contribution < -0.4 is 10.6 Å². The van der Waals surface area contributed by atoms with E-state index in [-0.39, 0.29) is 23.0 Å². The maximum absolute atomic E-state index is 11.9. The third-order valence-electron chi connectivity index (χ3n) is 4.24. The van der Waals surface area contributed by atoms with Gasteiger partial charge < -0.3 is 9.84 Å². The van der Waals surface area contributed by atoms with Gasteiger partial charge in [0.1, 0.15) is 5.75 Å². The molecule has 8 nitrogen and oxygen atoms in total. The monoisotopic (exact) mass is 344 g/mol. The van der Waals surface area contributed by atoms with Crippen molar-refractivity contribution in [2.45, 2.75) is 45.3 Å². The predicted octanol–water partition coefficient (Wildman–Crippen LogP) is 1.95. The largest absolute Gasteiger partial charge is 0.337 e. The fourth-order valence-corrected chi connectivity index (χ4v) is 3.49. The molecule has 1 fully saturated rings. The van der Waals surface area contributed by atoms with Crippen molar-refractivity contribution in [1.82, 2.24) is 15.5 Å². The second-order valence-corrected chi connectivity index (χ2v) is 9.00. The SMILES string of the molecule is CC(C)(CNC(=O)Nc1nc(CS(C)(=O)=O)no1)C1CCCC1. The molecule has 0 spiro atoms. The van der Waals surface area contributed by atoms with Crippen LogP contribution in [0.1, 0.15) is 45.4 Å². The Morgan fingerprint density at radius 1 is 1.35 bits per heavy atom. The maximum atomic E-state index is 11.9. The molecule has 1 heterocycles. The standard InChI is InChI=1S/C14H24N4O4S/c1-14(2,10-6-4-5-7-10)9-15-12(19)17-13-16-11(18-22-13)8-23(3,20)21/h10H,4-9H2,1-3H3,(H2,15,16,17,18,19). The number of nitrogens with zero attached hydrogens (tertiary/aromatic N) is 2. The summed E-state index contributed by atoms with van der Waals surface area (Å²) in [5.74, 6) is 0.316. The number of sulfone groups is 1. The van der Waals surface area contributed by atoms with Gasteiger partial charge in [-0.25, -0.2) is 13.2 Å². The van der Waals surface area contributed by atoms with Crippen molar-refractivity contribution < 1.29 is 17.7 Å². The zero-order chi connectivity index (χ0) is 17.1. The van der Waals surface area contributed by atoms with Crippen molar-refractivity contribution in [3.8, 4) is 0 Å². The summed E-state index contributed by atoms with van der Waals surface area (Å²) in [5.41, 5.74) is 0.0319. The molecule has 1 aliphatic carbocycles. The minimum Gasteiger partial charge on any atom is -0.337 e. The number of hydrogen-bond acceptors (Lipinski definition) is 6. The van der Waals surface area contributed by atoms with Crippen LogP contribution in [-0.4, -0.2) is 37.4 Å². The number of amides is 2. The molecule has 1 aliphatic rings. The molecule has 0 radical (unpaired) electrons. The number of rotatable bonds is 6. The van der Waals surface area contributed by atoms with Crippen LogP contribution in [0.25, 0.3) is 0 Å². The first-order valence-corrected chi connectivity index (χ1v) is 9.77. The Hall–Kier alpha value is -1.64. The molecule has 9 heteroatoms. The molecule has 2 amide bonds. The molecule has 0 atom stereocenters. The third-order valence-corrected chi connectivity index (χ3v) is 5.03. The van der Waals surface area contributed by atoms with Gasteiger partial charge in [-0.3, -0.25) is 5.32 Å². The van der Waals surface area contributed by atoms with Gasteiger partial charge in [0.05, 0.1) is 0 Å². The van der Waals surface area contributed by atoms with Crippen LogP contribution in [0.15, 0.2) is 4.52 Å². The molecule has 1 saturated carbocycles. The molecule has 0 saturated heterocycles. The average Bonchev–Trinajstić information content (AvgIpc) is 3.06. The first-order valence-electron chi connectivity index (χ1n) is 7.71. The Balaban J connectivity index is 1.83. The van der Waals surface area contributed by atoms with Gasteiger partial charge in [0.25, 0.3) is 0 Å². The van der Waals surface area contributed by atoms with E-state index in [9.17, 15) is 13.2 Å². The van der Waals surface area contributed by atoms with Crippen LogP contribution in [-0.2, 0) is 15.6 Å². The Morgan fingerprint density at radius 2 is 2.00 bits per heavy atom. The fraction of sp³-hybridized carbons (Fsp3) is 0.786. The van der Waals surface area contributed by atoms with E-state index >= 15 is 0 Å². The molecule has 1 aromatic heterocycles. The van der Waals surface area contributed by atoms with Gasteiger partial charge in [-0.2, -0.15) is 4.98 Å². The van der Waals surface area contributed by atoms with E-state index in [0.29, 0.717) is 12.5 Å². The number of urea groups is 1. The van der Waals surface area contributed by atoms with E-state index in [1.807, 2.05) is 0 Å². The second-order valence-electron chi connectivity index (χ2n) is 6.86. The van der Waals surface area contributed by atoms with E-state index in [1.54, 1.807) is 0 Å². The van der Waals surface area contributed by atoms with Crippen LogP contribution in [0.3, 0.4) is 0 Å². The number of nitrogens with one attached hydrogen (secondary N) is 2. The first-order chi connectivity index (χ1) is 10.7. The average molecular weight is 344 g/mol. The van der Waals surface area contributed by atoms with Crippen LogP contribution in [0, 0.1) is 11.3 Å². The molecule has 0 unspecified atom stereocenters. The molecule has 0 bridgehead atoms.